The first kappa shape index (κ1) is 22.8. The van der Waals surface area contributed by atoms with Gasteiger partial charge in [0.25, 0.3) is 11.6 Å². The molecule has 13 heteroatoms. The van der Waals surface area contributed by atoms with Crippen molar-refractivity contribution in [1.29, 1.82) is 0 Å². The molecule has 0 aliphatic heterocycles. The van der Waals surface area contributed by atoms with Crippen LogP contribution in [0.3, 0.4) is 0 Å². The number of hydrogen-bond acceptors (Lipinski definition) is 8. The normalized spacial score (nSPS) is 11.1. The number of nitro groups is 1. The van der Waals surface area contributed by atoms with Gasteiger partial charge >= 0.3 is 12.1 Å². The third-order valence-corrected chi connectivity index (χ3v) is 4.83. The Morgan fingerprint density at radius 1 is 1.22 bits per heavy atom. The van der Waals surface area contributed by atoms with Crippen molar-refractivity contribution in [3.8, 4) is 10.7 Å². The number of aromatic nitrogens is 2. The molecule has 0 spiro atoms. The molecular formula is C19H13F3N4O5S. The second-order valence-corrected chi connectivity index (χ2v) is 7.09. The molecule has 0 bridgehead atoms. The maximum atomic E-state index is 13.2. The summed E-state index contributed by atoms with van der Waals surface area (Å²) in [5, 5.41) is 14.9. The number of thiazole rings is 1. The molecule has 0 aliphatic rings. The first-order valence-electron chi connectivity index (χ1n) is 8.80. The molecule has 2 heterocycles. The summed E-state index contributed by atoms with van der Waals surface area (Å²) < 4.78 is 44.3. The van der Waals surface area contributed by atoms with Crippen LogP contribution in [0.15, 0.2) is 48.0 Å². The summed E-state index contributed by atoms with van der Waals surface area (Å²) in [5.41, 5.74) is -1.86. The molecule has 0 aliphatic carbocycles. The van der Waals surface area contributed by atoms with Gasteiger partial charge in [0, 0.05) is 23.7 Å². The number of rotatable bonds is 7. The lowest BCUT2D eigenvalue weighted by molar-refractivity contribution is -0.385. The number of esters is 1. The van der Waals surface area contributed by atoms with Gasteiger partial charge in [-0.05, 0) is 18.2 Å². The molecule has 0 fully saturated rings. The molecule has 1 aromatic carbocycles. The maximum absolute atomic E-state index is 13.2. The highest BCUT2D eigenvalue weighted by molar-refractivity contribution is 7.13. The summed E-state index contributed by atoms with van der Waals surface area (Å²) in [7, 11) is 0. The molecule has 3 rings (SSSR count). The van der Waals surface area contributed by atoms with E-state index < -0.39 is 46.5 Å². The molecule has 166 valence electrons. The number of hydrogen-bond donors (Lipinski definition) is 1. The van der Waals surface area contributed by atoms with Gasteiger partial charge < -0.3 is 10.1 Å². The van der Waals surface area contributed by atoms with Crippen molar-refractivity contribution in [1.82, 2.24) is 9.97 Å². The van der Waals surface area contributed by atoms with Crippen LogP contribution in [0.5, 0.6) is 0 Å². The number of nitrogens with one attached hydrogen (secondary N) is 1. The van der Waals surface area contributed by atoms with E-state index in [1.165, 1.54) is 11.3 Å². The highest BCUT2D eigenvalue weighted by Crippen LogP contribution is 2.37. The SMILES string of the molecule is O=C(COC(=O)Cc1csc(-c2ccccn2)n1)Nc1ccc([N+](=O)[O-])cc1C(F)(F)F. The first-order chi connectivity index (χ1) is 15.1. The Balaban J connectivity index is 1.58. The second kappa shape index (κ2) is 9.51. The van der Waals surface area contributed by atoms with Crippen LogP contribution in [-0.2, 0) is 26.9 Å². The molecule has 0 saturated heterocycles. The number of carbonyl (C=O) groups is 2. The molecule has 0 atom stereocenters. The Morgan fingerprint density at radius 2 is 2.00 bits per heavy atom. The average Bonchev–Trinajstić information content (AvgIpc) is 3.20. The lowest BCUT2D eigenvalue weighted by Crippen LogP contribution is -2.23. The molecule has 2 aromatic heterocycles. The molecule has 0 saturated carbocycles. The number of benzene rings is 1. The number of alkyl halides is 3. The Morgan fingerprint density at radius 3 is 2.66 bits per heavy atom. The number of ether oxygens (including phenoxy) is 1. The van der Waals surface area contributed by atoms with E-state index in [-0.39, 0.29) is 6.42 Å². The number of nitro benzene ring substituents is 1. The van der Waals surface area contributed by atoms with E-state index in [2.05, 4.69) is 9.97 Å². The smallest absolute Gasteiger partial charge is 0.418 e. The second-order valence-electron chi connectivity index (χ2n) is 6.23. The topological polar surface area (TPSA) is 124 Å². The molecule has 9 nitrogen and oxygen atoms in total. The van der Waals surface area contributed by atoms with Crippen LogP contribution in [0.25, 0.3) is 10.7 Å². The fraction of sp³-hybridized carbons (Fsp3) is 0.158. The number of nitrogens with zero attached hydrogens (tertiary/aromatic N) is 3. The molecule has 1 amide bonds. The van der Waals surface area contributed by atoms with Crippen LogP contribution in [0, 0.1) is 10.1 Å². The van der Waals surface area contributed by atoms with E-state index in [4.69, 9.17) is 4.74 Å². The fourth-order valence-corrected chi connectivity index (χ4v) is 3.31. The lowest BCUT2D eigenvalue weighted by Gasteiger charge is -2.13. The zero-order valence-electron chi connectivity index (χ0n) is 16.0. The van der Waals surface area contributed by atoms with E-state index in [0.717, 1.165) is 12.1 Å². The van der Waals surface area contributed by atoms with Gasteiger partial charge in [0.2, 0.25) is 0 Å². The van der Waals surface area contributed by atoms with Gasteiger partial charge in [-0.2, -0.15) is 13.2 Å². The number of halogens is 3. The number of pyridine rings is 1. The van der Waals surface area contributed by atoms with Crippen LogP contribution in [0.4, 0.5) is 24.5 Å². The van der Waals surface area contributed by atoms with Gasteiger partial charge in [-0.1, -0.05) is 6.07 Å². The summed E-state index contributed by atoms with van der Waals surface area (Å²) in [6.45, 7) is -0.843. The fourth-order valence-electron chi connectivity index (χ4n) is 2.52. The molecule has 0 unspecified atom stereocenters. The van der Waals surface area contributed by atoms with E-state index in [9.17, 15) is 32.9 Å². The van der Waals surface area contributed by atoms with E-state index >= 15 is 0 Å². The van der Waals surface area contributed by atoms with Crippen molar-refractivity contribution in [2.75, 3.05) is 11.9 Å². The summed E-state index contributed by atoms with van der Waals surface area (Å²) in [6, 6.07) is 7.16. The molecule has 0 radical (unpaired) electrons. The molecular weight excluding hydrogens is 453 g/mol. The van der Waals surface area contributed by atoms with E-state index in [1.807, 2.05) is 5.32 Å². The van der Waals surface area contributed by atoms with Crippen LogP contribution in [-0.4, -0.2) is 33.4 Å². The lowest BCUT2D eigenvalue weighted by atomic mass is 10.1. The quantitative estimate of drug-likeness (QED) is 0.319. The van der Waals surface area contributed by atoms with Gasteiger partial charge in [-0.25, -0.2) is 4.98 Å². The van der Waals surface area contributed by atoms with Crippen molar-refractivity contribution in [3.63, 3.8) is 0 Å². The Bertz CT molecular complexity index is 1150. The highest BCUT2D eigenvalue weighted by Gasteiger charge is 2.35. The Labute approximate surface area is 182 Å². The van der Waals surface area contributed by atoms with Crippen molar-refractivity contribution >= 4 is 34.6 Å². The first-order valence-corrected chi connectivity index (χ1v) is 9.68. The standard InChI is InChI=1S/C19H13F3N4O5S/c20-19(21,22)13-8-12(26(29)30)4-5-14(13)25-16(27)9-31-17(28)7-11-10-32-18(24-11)15-3-1-2-6-23-15/h1-6,8,10H,7,9H2,(H,25,27). The maximum Gasteiger partial charge on any atom is 0.418 e. The average molecular weight is 466 g/mol. The predicted octanol–water partition coefficient (Wildman–Crippen LogP) is 3.86. The summed E-state index contributed by atoms with van der Waals surface area (Å²) >= 11 is 1.26. The number of non-ortho nitro benzene ring substituents is 1. The summed E-state index contributed by atoms with van der Waals surface area (Å²) in [6.07, 6.45) is -3.60. The van der Waals surface area contributed by atoms with Crippen molar-refractivity contribution in [2.24, 2.45) is 0 Å². The van der Waals surface area contributed by atoms with Crippen molar-refractivity contribution in [3.05, 3.63) is 69.3 Å². The third-order valence-electron chi connectivity index (χ3n) is 3.92. The summed E-state index contributed by atoms with van der Waals surface area (Å²) in [4.78, 5) is 42.0. The number of carbonyl (C=O) groups excluding carboxylic acids is 2. The Hall–Kier alpha value is -3.87. The van der Waals surface area contributed by atoms with Gasteiger partial charge in [0.1, 0.15) is 5.01 Å². The minimum absolute atomic E-state index is 0.248. The van der Waals surface area contributed by atoms with Gasteiger partial charge in [-0.15, -0.1) is 11.3 Å². The van der Waals surface area contributed by atoms with Crippen molar-refractivity contribution < 1.29 is 32.4 Å². The third kappa shape index (κ3) is 5.85. The van der Waals surface area contributed by atoms with Crippen LogP contribution in [0.2, 0.25) is 0 Å². The minimum atomic E-state index is -4.94. The molecule has 1 N–H and O–H groups in total. The zero-order valence-corrected chi connectivity index (χ0v) is 16.8. The zero-order chi connectivity index (χ0) is 23.3. The molecule has 32 heavy (non-hydrogen) atoms. The van der Waals surface area contributed by atoms with E-state index in [0.29, 0.717) is 22.5 Å². The molecule has 3 aromatic rings. The number of amides is 1. The minimum Gasteiger partial charge on any atom is -0.455 e. The van der Waals surface area contributed by atoms with Gasteiger partial charge in [0.15, 0.2) is 6.61 Å². The predicted molar refractivity (Wildman–Crippen MR) is 107 cm³/mol. The van der Waals surface area contributed by atoms with Gasteiger partial charge in [0.05, 0.1) is 34.0 Å². The number of anilines is 1. The monoisotopic (exact) mass is 466 g/mol. The Kier molecular flexibility index (Phi) is 6.78. The van der Waals surface area contributed by atoms with E-state index in [1.54, 1.807) is 29.8 Å². The van der Waals surface area contributed by atoms with Crippen molar-refractivity contribution in [2.45, 2.75) is 12.6 Å². The van der Waals surface area contributed by atoms with Crippen LogP contribution < -0.4 is 5.32 Å². The summed E-state index contributed by atoms with van der Waals surface area (Å²) in [5.74, 6) is -1.84. The van der Waals surface area contributed by atoms with Gasteiger partial charge in [-0.3, -0.25) is 24.7 Å². The van der Waals surface area contributed by atoms with Crippen LogP contribution >= 0.6 is 11.3 Å². The largest absolute Gasteiger partial charge is 0.455 e. The van der Waals surface area contributed by atoms with Crippen LogP contribution in [0.1, 0.15) is 11.3 Å². The highest BCUT2D eigenvalue weighted by atomic mass is 32.1.